The molecule has 1 aliphatic carbocycles. The van der Waals surface area contributed by atoms with Crippen LogP contribution in [-0.2, 0) is 4.79 Å². The van der Waals surface area contributed by atoms with Crippen molar-refractivity contribution in [3.8, 4) is 0 Å². The van der Waals surface area contributed by atoms with Gasteiger partial charge in [0, 0.05) is 0 Å². The molecule has 0 radical (unpaired) electrons. The smallest absolute Gasteiger partial charge is 0.317 e. The van der Waals surface area contributed by atoms with Crippen LogP contribution in [0.1, 0.15) is 12.8 Å². The van der Waals surface area contributed by atoms with Crippen molar-refractivity contribution in [3.63, 3.8) is 0 Å². The number of hydrogen-bond acceptors (Lipinski definition) is 4. The minimum absolute atomic E-state index is 0.300. The zero-order valence-electron chi connectivity index (χ0n) is 6.84. The van der Waals surface area contributed by atoms with Crippen LogP contribution in [0.5, 0.6) is 0 Å². The standard InChI is InChI=1S/C8H9NO3S/c10-7(11)6(5-1-2-5)13-8-9-3-4-12-8/h3-6H,1-2H2,(H,10,11). The number of carboxylic acids is 1. The van der Waals surface area contributed by atoms with Crippen molar-refractivity contribution in [2.45, 2.75) is 23.3 Å². The maximum Gasteiger partial charge on any atom is 0.317 e. The van der Waals surface area contributed by atoms with Crippen LogP contribution in [0.4, 0.5) is 0 Å². The number of oxazole rings is 1. The summed E-state index contributed by atoms with van der Waals surface area (Å²) in [6, 6.07) is 0. The van der Waals surface area contributed by atoms with E-state index < -0.39 is 11.2 Å². The molecule has 0 bridgehead atoms. The maximum atomic E-state index is 10.8. The Hall–Kier alpha value is -0.970. The lowest BCUT2D eigenvalue weighted by Gasteiger charge is -2.06. The Morgan fingerprint density at radius 2 is 2.54 bits per heavy atom. The van der Waals surface area contributed by atoms with Crippen LogP contribution in [0.25, 0.3) is 0 Å². The summed E-state index contributed by atoms with van der Waals surface area (Å²) >= 11 is 1.20. The quantitative estimate of drug-likeness (QED) is 0.746. The fourth-order valence-corrected chi connectivity index (χ4v) is 2.14. The van der Waals surface area contributed by atoms with Gasteiger partial charge in [0.15, 0.2) is 0 Å². The number of aromatic nitrogens is 1. The second kappa shape index (κ2) is 3.41. The van der Waals surface area contributed by atoms with Crippen molar-refractivity contribution >= 4 is 17.7 Å². The van der Waals surface area contributed by atoms with Crippen molar-refractivity contribution in [2.75, 3.05) is 0 Å². The third-order valence-electron chi connectivity index (χ3n) is 1.93. The van der Waals surface area contributed by atoms with Gasteiger partial charge in [-0.05, 0) is 18.8 Å². The number of aliphatic carboxylic acids is 1. The van der Waals surface area contributed by atoms with Gasteiger partial charge in [0.05, 0.1) is 6.20 Å². The molecular weight excluding hydrogens is 190 g/mol. The molecule has 70 valence electrons. The number of carboxylic acid groups (broad SMARTS) is 1. The normalized spacial score (nSPS) is 18.5. The van der Waals surface area contributed by atoms with Gasteiger partial charge in [0.25, 0.3) is 5.22 Å². The van der Waals surface area contributed by atoms with E-state index in [1.54, 1.807) is 0 Å². The number of hydrogen-bond donors (Lipinski definition) is 1. The van der Waals surface area contributed by atoms with Crippen LogP contribution in [0.2, 0.25) is 0 Å². The van der Waals surface area contributed by atoms with E-state index in [4.69, 9.17) is 9.52 Å². The predicted octanol–water partition coefficient (Wildman–Crippen LogP) is 1.63. The molecule has 1 aliphatic rings. The van der Waals surface area contributed by atoms with E-state index in [-0.39, 0.29) is 0 Å². The molecule has 1 saturated carbocycles. The van der Waals surface area contributed by atoms with Crippen LogP contribution >= 0.6 is 11.8 Å². The third kappa shape index (κ3) is 2.03. The molecule has 1 heterocycles. The summed E-state index contributed by atoms with van der Waals surface area (Å²) in [5.74, 6) is -0.472. The summed E-state index contributed by atoms with van der Waals surface area (Å²) in [6.07, 6.45) is 4.98. The van der Waals surface area contributed by atoms with Gasteiger partial charge in [0.2, 0.25) is 0 Å². The van der Waals surface area contributed by atoms with Gasteiger partial charge < -0.3 is 9.52 Å². The third-order valence-corrected chi connectivity index (χ3v) is 3.17. The number of thioether (sulfide) groups is 1. The Morgan fingerprint density at radius 3 is 3.00 bits per heavy atom. The highest BCUT2D eigenvalue weighted by atomic mass is 32.2. The first-order chi connectivity index (χ1) is 6.27. The van der Waals surface area contributed by atoms with Crippen LogP contribution in [0.3, 0.4) is 0 Å². The molecule has 5 heteroatoms. The topological polar surface area (TPSA) is 63.3 Å². The highest BCUT2D eigenvalue weighted by molar-refractivity contribution is 8.00. The largest absolute Gasteiger partial charge is 0.480 e. The van der Waals surface area contributed by atoms with Crippen molar-refractivity contribution in [1.82, 2.24) is 4.98 Å². The molecule has 0 saturated heterocycles. The summed E-state index contributed by atoms with van der Waals surface area (Å²) in [5.41, 5.74) is 0. The molecule has 1 fully saturated rings. The van der Waals surface area contributed by atoms with Crippen LogP contribution in [0, 0.1) is 5.92 Å². The van der Waals surface area contributed by atoms with E-state index >= 15 is 0 Å². The lowest BCUT2D eigenvalue weighted by atomic mass is 10.3. The van der Waals surface area contributed by atoms with E-state index in [1.165, 1.54) is 24.2 Å². The monoisotopic (exact) mass is 199 g/mol. The van der Waals surface area contributed by atoms with Crippen LogP contribution in [0.15, 0.2) is 22.1 Å². The molecule has 1 aromatic heterocycles. The number of rotatable bonds is 4. The lowest BCUT2D eigenvalue weighted by Crippen LogP contribution is -2.18. The molecule has 2 rings (SSSR count). The molecule has 13 heavy (non-hydrogen) atoms. The molecule has 1 N–H and O–H groups in total. The lowest BCUT2D eigenvalue weighted by molar-refractivity contribution is -0.136. The molecule has 0 spiro atoms. The second-order valence-electron chi connectivity index (χ2n) is 3.01. The Bertz CT molecular complexity index is 294. The molecule has 0 aromatic carbocycles. The zero-order chi connectivity index (χ0) is 9.26. The Balaban J connectivity index is 2.01. The average molecular weight is 199 g/mol. The van der Waals surface area contributed by atoms with Crippen molar-refractivity contribution in [3.05, 3.63) is 12.5 Å². The summed E-state index contributed by atoms with van der Waals surface area (Å²) in [6.45, 7) is 0. The van der Waals surface area contributed by atoms with Gasteiger partial charge in [0.1, 0.15) is 11.5 Å². The Kier molecular flexibility index (Phi) is 2.26. The van der Waals surface area contributed by atoms with Gasteiger partial charge in [-0.2, -0.15) is 0 Å². The molecule has 1 aromatic rings. The molecule has 0 amide bonds. The summed E-state index contributed by atoms with van der Waals surface area (Å²) in [5, 5.41) is 8.95. The van der Waals surface area contributed by atoms with E-state index in [0.717, 1.165) is 12.8 Å². The van der Waals surface area contributed by atoms with Crippen molar-refractivity contribution < 1.29 is 14.3 Å². The first-order valence-corrected chi connectivity index (χ1v) is 4.94. The van der Waals surface area contributed by atoms with Crippen LogP contribution in [-0.4, -0.2) is 21.3 Å². The van der Waals surface area contributed by atoms with Gasteiger partial charge in [-0.1, -0.05) is 11.8 Å². The van der Waals surface area contributed by atoms with Crippen molar-refractivity contribution in [2.24, 2.45) is 5.92 Å². The van der Waals surface area contributed by atoms with E-state index in [1.807, 2.05) is 0 Å². The van der Waals surface area contributed by atoms with E-state index in [2.05, 4.69) is 4.98 Å². The molecule has 4 nitrogen and oxygen atoms in total. The fourth-order valence-electron chi connectivity index (χ4n) is 1.12. The average Bonchev–Trinajstić information content (AvgIpc) is 2.79. The first-order valence-electron chi connectivity index (χ1n) is 4.06. The summed E-state index contributed by atoms with van der Waals surface area (Å²) in [4.78, 5) is 14.7. The number of nitrogens with zero attached hydrogens (tertiary/aromatic N) is 1. The summed E-state index contributed by atoms with van der Waals surface area (Å²) < 4.78 is 4.98. The molecule has 0 aliphatic heterocycles. The highest BCUT2D eigenvalue weighted by Gasteiger charge is 2.37. The molecule has 1 atom stereocenters. The summed E-state index contributed by atoms with van der Waals surface area (Å²) in [7, 11) is 0. The predicted molar refractivity (Wildman–Crippen MR) is 46.5 cm³/mol. The minimum atomic E-state index is -0.772. The van der Waals surface area contributed by atoms with Gasteiger partial charge in [-0.25, -0.2) is 4.98 Å². The van der Waals surface area contributed by atoms with E-state index in [0.29, 0.717) is 11.1 Å². The zero-order valence-corrected chi connectivity index (χ0v) is 7.66. The first kappa shape index (κ1) is 8.62. The van der Waals surface area contributed by atoms with Gasteiger partial charge in [-0.3, -0.25) is 4.79 Å². The molecule has 1 unspecified atom stereocenters. The second-order valence-corrected chi connectivity index (χ2v) is 4.10. The van der Waals surface area contributed by atoms with Gasteiger partial charge >= 0.3 is 5.97 Å². The highest BCUT2D eigenvalue weighted by Crippen LogP contribution is 2.41. The van der Waals surface area contributed by atoms with Crippen molar-refractivity contribution in [1.29, 1.82) is 0 Å². The molecular formula is C8H9NO3S. The Morgan fingerprint density at radius 1 is 1.77 bits per heavy atom. The van der Waals surface area contributed by atoms with Crippen LogP contribution < -0.4 is 0 Å². The maximum absolute atomic E-state index is 10.8. The number of carbonyl (C=O) groups is 1. The SMILES string of the molecule is O=C(O)C(Sc1ncco1)C1CC1. The van der Waals surface area contributed by atoms with E-state index in [9.17, 15) is 4.79 Å². The Labute approximate surface area is 79.3 Å². The fraction of sp³-hybridized carbons (Fsp3) is 0.500. The van der Waals surface area contributed by atoms with Gasteiger partial charge in [-0.15, -0.1) is 0 Å². The minimum Gasteiger partial charge on any atom is -0.480 e.